The summed E-state index contributed by atoms with van der Waals surface area (Å²) < 4.78 is 34.6. The number of alkyl halides is 3. The van der Waals surface area contributed by atoms with Gasteiger partial charge in [0.05, 0.1) is 12.6 Å². The van der Waals surface area contributed by atoms with Gasteiger partial charge in [-0.05, 0) is 12.8 Å². The van der Waals surface area contributed by atoms with Crippen molar-refractivity contribution >= 4 is 0 Å². The molecule has 5 heteroatoms. The summed E-state index contributed by atoms with van der Waals surface area (Å²) in [5, 5.41) is 11.0. The topological polar surface area (TPSA) is 32.3 Å². The highest BCUT2D eigenvalue weighted by Crippen LogP contribution is 2.21. The van der Waals surface area contributed by atoms with E-state index in [4.69, 9.17) is 5.11 Å². The van der Waals surface area contributed by atoms with Gasteiger partial charge in [0.2, 0.25) is 0 Å². The summed E-state index contributed by atoms with van der Waals surface area (Å²) in [6.07, 6.45) is -3.66. The molecule has 0 aliphatic heterocycles. The lowest BCUT2D eigenvalue weighted by atomic mass is 9.89. The van der Waals surface area contributed by atoms with Crippen molar-refractivity contribution in [2.45, 2.75) is 31.2 Å². The first kappa shape index (κ1) is 8.80. The Morgan fingerprint density at radius 3 is 2.27 bits per heavy atom. The van der Waals surface area contributed by atoms with Crippen LogP contribution in [0, 0.1) is 0 Å². The first-order chi connectivity index (χ1) is 4.97. The second-order valence-corrected chi connectivity index (χ2v) is 2.82. The van der Waals surface area contributed by atoms with Crippen molar-refractivity contribution in [1.82, 2.24) is 5.32 Å². The van der Waals surface area contributed by atoms with Crippen LogP contribution in [0.3, 0.4) is 0 Å². The number of aliphatic hydroxyl groups excluding tert-OH is 1. The standard InChI is InChI=1S/C6H10F3NO/c7-6(8,9)3-10-4-1-5(11)2-4/h4-5,10-11H,1-3H2. The summed E-state index contributed by atoms with van der Waals surface area (Å²) in [6, 6.07) is -0.147. The quantitative estimate of drug-likeness (QED) is 0.636. The van der Waals surface area contributed by atoms with E-state index in [9.17, 15) is 13.2 Å². The molecule has 0 heterocycles. The summed E-state index contributed by atoms with van der Waals surface area (Å²) >= 11 is 0. The molecule has 66 valence electrons. The molecule has 1 fully saturated rings. The second-order valence-electron chi connectivity index (χ2n) is 2.82. The molecule has 0 aromatic heterocycles. The van der Waals surface area contributed by atoms with Gasteiger partial charge in [0.15, 0.2) is 0 Å². The summed E-state index contributed by atoms with van der Waals surface area (Å²) in [6.45, 7) is -0.954. The molecule has 0 aromatic carbocycles. The van der Waals surface area contributed by atoms with Crippen LogP contribution in [0.1, 0.15) is 12.8 Å². The average molecular weight is 169 g/mol. The van der Waals surface area contributed by atoms with Crippen molar-refractivity contribution in [1.29, 1.82) is 0 Å². The minimum atomic E-state index is -4.14. The van der Waals surface area contributed by atoms with Gasteiger partial charge in [-0.2, -0.15) is 13.2 Å². The van der Waals surface area contributed by atoms with Gasteiger partial charge in [-0.15, -0.1) is 0 Å². The van der Waals surface area contributed by atoms with Crippen LogP contribution >= 0.6 is 0 Å². The van der Waals surface area contributed by atoms with Gasteiger partial charge >= 0.3 is 6.18 Å². The Labute approximate surface area is 62.4 Å². The molecule has 0 bridgehead atoms. The zero-order valence-corrected chi connectivity index (χ0v) is 5.86. The van der Waals surface area contributed by atoms with Crippen LogP contribution in [0.2, 0.25) is 0 Å². The Bertz CT molecular complexity index is 130. The highest BCUT2D eigenvalue weighted by atomic mass is 19.4. The number of rotatable bonds is 2. The fraction of sp³-hybridized carbons (Fsp3) is 1.00. The Morgan fingerprint density at radius 2 is 1.91 bits per heavy atom. The van der Waals surface area contributed by atoms with Crippen LogP contribution in [-0.4, -0.2) is 30.0 Å². The fourth-order valence-corrected chi connectivity index (χ4v) is 1.01. The Morgan fingerprint density at radius 1 is 1.36 bits per heavy atom. The van der Waals surface area contributed by atoms with E-state index < -0.39 is 18.8 Å². The minimum Gasteiger partial charge on any atom is -0.393 e. The molecule has 0 unspecified atom stereocenters. The largest absolute Gasteiger partial charge is 0.401 e. The minimum absolute atomic E-state index is 0.147. The van der Waals surface area contributed by atoms with Crippen LogP contribution in [0.5, 0.6) is 0 Å². The summed E-state index contributed by atoms with van der Waals surface area (Å²) in [7, 11) is 0. The van der Waals surface area contributed by atoms with E-state index in [1.807, 2.05) is 0 Å². The molecule has 1 saturated carbocycles. The summed E-state index contributed by atoms with van der Waals surface area (Å²) in [5.41, 5.74) is 0. The lowest BCUT2D eigenvalue weighted by Crippen LogP contribution is -2.47. The molecule has 1 rings (SSSR count). The van der Waals surface area contributed by atoms with Crippen LogP contribution in [-0.2, 0) is 0 Å². The Kier molecular flexibility index (Phi) is 2.39. The molecular formula is C6H10F3NO. The normalized spacial score (nSPS) is 31.6. The summed E-state index contributed by atoms with van der Waals surface area (Å²) in [4.78, 5) is 0. The maximum Gasteiger partial charge on any atom is 0.401 e. The third-order valence-corrected chi connectivity index (χ3v) is 1.70. The van der Waals surface area contributed by atoms with Crippen molar-refractivity contribution in [3.8, 4) is 0 Å². The van der Waals surface area contributed by atoms with Crippen LogP contribution < -0.4 is 5.32 Å². The van der Waals surface area contributed by atoms with Crippen LogP contribution in [0.15, 0.2) is 0 Å². The third kappa shape index (κ3) is 3.07. The highest BCUT2D eigenvalue weighted by Gasteiger charge is 2.32. The first-order valence-electron chi connectivity index (χ1n) is 3.45. The van der Waals surface area contributed by atoms with Crippen molar-refractivity contribution in [2.75, 3.05) is 6.54 Å². The molecule has 0 aromatic rings. The number of halogens is 3. The van der Waals surface area contributed by atoms with E-state index in [2.05, 4.69) is 5.32 Å². The Hall–Kier alpha value is -0.290. The third-order valence-electron chi connectivity index (χ3n) is 1.70. The average Bonchev–Trinajstić information content (AvgIpc) is 1.75. The molecule has 2 N–H and O–H groups in total. The lowest BCUT2D eigenvalue weighted by Gasteiger charge is -2.32. The maximum absolute atomic E-state index is 11.5. The number of hydrogen-bond acceptors (Lipinski definition) is 2. The summed E-state index contributed by atoms with van der Waals surface area (Å²) in [5.74, 6) is 0. The fourth-order valence-electron chi connectivity index (χ4n) is 1.01. The predicted molar refractivity (Wildman–Crippen MR) is 33.1 cm³/mol. The van der Waals surface area contributed by atoms with E-state index in [1.165, 1.54) is 0 Å². The monoisotopic (exact) mass is 169 g/mol. The van der Waals surface area contributed by atoms with Gasteiger partial charge in [-0.1, -0.05) is 0 Å². The van der Waals surface area contributed by atoms with Crippen molar-refractivity contribution in [2.24, 2.45) is 0 Å². The molecule has 2 nitrogen and oxygen atoms in total. The van der Waals surface area contributed by atoms with Crippen molar-refractivity contribution in [3.63, 3.8) is 0 Å². The van der Waals surface area contributed by atoms with Crippen molar-refractivity contribution < 1.29 is 18.3 Å². The zero-order chi connectivity index (χ0) is 8.48. The molecule has 0 spiro atoms. The molecule has 0 radical (unpaired) electrons. The maximum atomic E-state index is 11.5. The van der Waals surface area contributed by atoms with Gasteiger partial charge in [0, 0.05) is 6.04 Å². The van der Waals surface area contributed by atoms with E-state index in [0.717, 1.165) is 0 Å². The molecular weight excluding hydrogens is 159 g/mol. The SMILES string of the molecule is OC1CC(NCC(F)(F)F)C1. The first-order valence-corrected chi connectivity index (χ1v) is 3.45. The van der Waals surface area contributed by atoms with Crippen LogP contribution in [0.25, 0.3) is 0 Å². The lowest BCUT2D eigenvalue weighted by molar-refractivity contribution is -0.129. The van der Waals surface area contributed by atoms with Crippen molar-refractivity contribution in [3.05, 3.63) is 0 Å². The zero-order valence-electron chi connectivity index (χ0n) is 5.86. The smallest absolute Gasteiger partial charge is 0.393 e. The van der Waals surface area contributed by atoms with Crippen LogP contribution in [0.4, 0.5) is 13.2 Å². The molecule has 1 aliphatic carbocycles. The van der Waals surface area contributed by atoms with Gasteiger partial charge < -0.3 is 10.4 Å². The van der Waals surface area contributed by atoms with Gasteiger partial charge in [-0.3, -0.25) is 0 Å². The number of aliphatic hydroxyl groups is 1. The highest BCUT2D eigenvalue weighted by molar-refractivity contribution is 4.84. The van der Waals surface area contributed by atoms with Gasteiger partial charge in [0.25, 0.3) is 0 Å². The molecule has 0 atom stereocenters. The van der Waals surface area contributed by atoms with Gasteiger partial charge in [0.1, 0.15) is 0 Å². The van der Waals surface area contributed by atoms with Gasteiger partial charge in [-0.25, -0.2) is 0 Å². The predicted octanol–water partition coefficient (Wildman–Crippen LogP) is 0.662. The second kappa shape index (κ2) is 2.98. The number of nitrogens with one attached hydrogen (secondary N) is 1. The van der Waals surface area contributed by atoms with E-state index in [-0.39, 0.29) is 6.04 Å². The van der Waals surface area contributed by atoms with E-state index in [1.54, 1.807) is 0 Å². The van der Waals surface area contributed by atoms with E-state index in [0.29, 0.717) is 12.8 Å². The molecule has 0 saturated heterocycles. The number of hydrogen-bond donors (Lipinski definition) is 2. The molecule has 0 amide bonds. The molecule has 1 aliphatic rings. The van der Waals surface area contributed by atoms with E-state index >= 15 is 0 Å². The Balaban J connectivity index is 2.05. The molecule has 11 heavy (non-hydrogen) atoms.